The van der Waals surface area contributed by atoms with E-state index in [1.54, 1.807) is 24.3 Å². The molecule has 1 heterocycles. The second-order valence-corrected chi connectivity index (χ2v) is 5.45. The van der Waals surface area contributed by atoms with Crippen LogP contribution in [0.15, 0.2) is 42.5 Å². The van der Waals surface area contributed by atoms with Gasteiger partial charge in [-0.3, -0.25) is 9.69 Å². The summed E-state index contributed by atoms with van der Waals surface area (Å²) in [6.07, 6.45) is -1.75. The number of primary amides is 1. The Labute approximate surface area is 137 Å². The molecule has 1 saturated heterocycles. The second kappa shape index (κ2) is 6.29. The number of carbonyl (C=O) groups excluding carboxylic acids is 2. The Morgan fingerprint density at radius 3 is 2.50 bits per heavy atom. The van der Waals surface area contributed by atoms with E-state index in [2.05, 4.69) is 0 Å². The summed E-state index contributed by atoms with van der Waals surface area (Å²) in [7, 11) is 0. The summed E-state index contributed by atoms with van der Waals surface area (Å²) in [4.78, 5) is 24.1. The maximum absolute atomic E-state index is 14.5. The molecule has 0 bridgehead atoms. The SMILES string of the molecule is NCc1ccc(-c2ccc(N3C[C@H](C(N)=O)OC3=O)cc2F)cc1. The lowest BCUT2D eigenvalue weighted by atomic mass is 10.0. The molecule has 1 aliphatic heterocycles. The van der Waals surface area contributed by atoms with Gasteiger partial charge in [0.15, 0.2) is 6.10 Å². The zero-order valence-electron chi connectivity index (χ0n) is 12.7. The van der Waals surface area contributed by atoms with Gasteiger partial charge in [-0.05, 0) is 29.3 Å². The molecule has 1 atom stereocenters. The third kappa shape index (κ3) is 2.93. The lowest BCUT2D eigenvalue weighted by Crippen LogP contribution is -2.32. The predicted octanol–water partition coefficient (Wildman–Crippen LogP) is 1.76. The monoisotopic (exact) mass is 329 g/mol. The molecule has 24 heavy (non-hydrogen) atoms. The van der Waals surface area contributed by atoms with E-state index < -0.39 is 23.9 Å². The normalized spacial score (nSPS) is 17.0. The largest absolute Gasteiger partial charge is 0.434 e. The molecule has 124 valence electrons. The van der Waals surface area contributed by atoms with Gasteiger partial charge in [0.2, 0.25) is 0 Å². The topological polar surface area (TPSA) is 98.7 Å². The number of hydrogen-bond acceptors (Lipinski definition) is 4. The van der Waals surface area contributed by atoms with Crippen LogP contribution in [0, 0.1) is 5.82 Å². The minimum Gasteiger partial charge on any atom is -0.434 e. The van der Waals surface area contributed by atoms with Crippen molar-refractivity contribution in [3.8, 4) is 11.1 Å². The van der Waals surface area contributed by atoms with Crippen LogP contribution in [0.2, 0.25) is 0 Å². The highest BCUT2D eigenvalue weighted by molar-refractivity contribution is 5.95. The zero-order chi connectivity index (χ0) is 17.3. The zero-order valence-corrected chi connectivity index (χ0v) is 12.7. The van der Waals surface area contributed by atoms with Crippen LogP contribution in [0.25, 0.3) is 11.1 Å². The van der Waals surface area contributed by atoms with Crippen molar-refractivity contribution in [3.63, 3.8) is 0 Å². The van der Waals surface area contributed by atoms with E-state index in [-0.39, 0.29) is 6.54 Å². The number of hydrogen-bond donors (Lipinski definition) is 2. The van der Waals surface area contributed by atoms with Crippen LogP contribution in [0.1, 0.15) is 5.56 Å². The Morgan fingerprint density at radius 1 is 1.25 bits per heavy atom. The smallest absolute Gasteiger partial charge is 0.415 e. The number of ether oxygens (including phenoxy) is 1. The first kappa shape index (κ1) is 15.9. The first-order chi connectivity index (χ1) is 11.5. The van der Waals surface area contributed by atoms with Gasteiger partial charge in [0, 0.05) is 12.1 Å². The van der Waals surface area contributed by atoms with E-state index in [0.29, 0.717) is 23.4 Å². The molecule has 3 rings (SSSR count). The average molecular weight is 329 g/mol. The quantitative estimate of drug-likeness (QED) is 0.893. The highest BCUT2D eigenvalue weighted by Crippen LogP contribution is 2.29. The number of nitrogens with zero attached hydrogens (tertiary/aromatic N) is 1. The molecule has 0 unspecified atom stereocenters. The van der Waals surface area contributed by atoms with Crippen molar-refractivity contribution in [2.24, 2.45) is 11.5 Å². The Kier molecular flexibility index (Phi) is 4.18. The van der Waals surface area contributed by atoms with Gasteiger partial charge in [-0.1, -0.05) is 24.3 Å². The fourth-order valence-electron chi connectivity index (χ4n) is 2.55. The molecule has 0 radical (unpaired) electrons. The van der Waals surface area contributed by atoms with Crippen molar-refractivity contribution >= 4 is 17.7 Å². The summed E-state index contributed by atoms with van der Waals surface area (Å²) < 4.78 is 19.3. The molecule has 4 N–H and O–H groups in total. The van der Waals surface area contributed by atoms with E-state index in [1.165, 1.54) is 11.0 Å². The molecule has 2 amide bonds. The Morgan fingerprint density at radius 2 is 1.96 bits per heavy atom. The van der Waals surface area contributed by atoms with Crippen molar-refractivity contribution in [2.45, 2.75) is 12.6 Å². The minimum absolute atomic E-state index is 0.0296. The molecule has 1 aliphatic rings. The standard InChI is InChI=1S/C17H16FN3O3/c18-14-7-12(21-9-15(16(20)22)24-17(21)23)5-6-13(14)11-3-1-10(8-19)2-4-11/h1-7,15H,8-9,19H2,(H2,20,22)/t15-/m1/s1. The van der Waals surface area contributed by atoms with Gasteiger partial charge >= 0.3 is 6.09 Å². The van der Waals surface area contributed by atoms with Crippen molar-refractivity contribution < 1.29 is 18.7 Å². The number of cyclic esters (lactones) is 1. The summed E-state index contributed by atoms with van der Waals surface area (Å²) in [6.45, 7) is 0.387. The molecule has 6 nitrogen and oxygen atoms in total. The second-order valence-electron chi connectivity index (χ2n) is 5.45. The van der Waals surface area contributed by atoms with Gasteiger partial charge in [-0.15, -0.1) is 0 Å². The Balaban J connectivity index is 1.87. The lowest BCUT2D eigenvalue weighted by molar-refractivity contribution is -0.124. The van der Waals surface area contributed by atoms with E-state index in [4.69, 9.17) is 16.2 Å². The molecule has 7 heteroatoms. The molecule has 2 aromatic rings. The van der Waals surface area contributed by atoms with Crippen molar-refractivity contribution in [2.75, 3.05) is 11.4 Å². The molecular weight excluding hydrogens is 313 g/mol. The molecule has 1 fully saturated rings. The number of halogens is 1. The number of carbonyl (C=O) groups is 2. The first-order valence-corrected chi connectivity index (χ1v) is 7.36. The van der Waals surface area contributed by atoms with E-state index in [9.17, 15) is 14.0 Å². The van der Waals surface area contributed by atoms with Crippen LogP contribution in [0.5, 0.6) is 0 Å². The number of benzene rings is 2. The van der Waals surface area contributed by atoms with Crippen LogP contribution >= 0.6 is 0 Å². The van der Waals surface area contributed by atoms with Gasteiger partial charge in [0.25, 0.3) is 5.91 Å². The van der Waals surface area contributed by atoms with Gasteiger partial charge in [-0.2, -0.15) is 0 Å². The fourth-order valence-corrected chi connectivity index (χ4v) is 2.55. The first-order valence-electron chi connectivity index (χ1n) is 7.36. The number of rotatable bonds is 4. The van der Waals surface area contributed by atoms with Crippen LogP contribution in [0.3, 0.4) is 0 Å². The number of anilines is 1. The summed E-state index contributed by atoms with van der Waals surface area (Å²) >= 11 is 0. The Bertz CT molecular complexity index is 792. The van der Waals surface area contributed by atoms with Crippen molar-refractivity contribution in [1.82, 2.24) is 0 Å². The van der Waals surface area contributed by atoms with Gasteiger partial charge < -0.3 is 16.2 Å². The van der Waals surface area contributed by atoms with Gasteiger partial charge in [0.1, 0.15) is 5.82 Å². The van der Waals surface area contributed by atoms with Crippen LogP contribution in [-0.4, -0.2) is 24.6 Å². The Hall–Kier alpha value is -2.93. The van der Waals surface area contributed by atoms with Crippen LogP contribution in [0.4, 0.5) is 14.9 Å². The number of nitrogens with two attached hydrogens (primary N) is 2. The highest BCUT2D eigenvalue weighted by Gasteiger charge is 2.36. The van der Waals surface area contributed by atoms with E-state index in [0.717, 1.165) is 5.56 Å². The molecule has 2 aromatic carbocycles. The lowest BCUT2D eigenvalue weighted by Gasteiger charge is -2.14. The van der Waals surface area contributed by atoms with Crippen molar-refractivity contribution in [3.05, 3.63) is 53.8 Å². The summed E-state index contributed by atoms with van der Waals surface area (Å²) in [5, 5.41) is 0. The molecule has 0 saturated carbocycles. The molecule has 0 aliphatic carbocycles. The average Bonchev–Trinajstić information content (AvgIpc) is 2.97. The van der Waals surface area contributed by atoms with Gasteiger partial charge in [-0.25, -0.2) is 9.18 Å². The summed E-state index contributed by atoms with van der Waals surface area (Å²) in [5.41, 5.74) is 13.0. The number of amides is 2. The minimum atomic E-state index is -1.02. The fraction of sp³-hybridized carbons (Fsp3) is 0.176. The van der Waals surface area contributed by atoms with Crippen molar-refractivity contribution in [1.29, 1.82) is 0 Å². The highest BCUT2D eigenvalue weighted by atomic mass is 19.1. The summed E-state index contributed by atoms with van der Waals surface area (Å²) in [5.74, 6) is -1.22. The molecular formula is C17H16FN3O3. The van der Waals surface area contributed by atoms with Gasteiger partial charge in [0.05, 0.1) is 12.2 Å². The van der Waals surface area contributed by atoms with Crippen LogP contribution in [-0.2, 0) is 16.1 Å². The maximum Gasteiger partial charge on any atom is 0.415 e. The third-order valence-corrected chi connectivity index (χ3v) is 3.89. The van der Waals surface area contributed by atoms with E-state index in [1.807, 2.05) is 12.1 Å². The summed E-state index contributed by atoms with van der Waals surface area (Å²) in [6, 6.07) is 11.6. The third-order valence-electron chi connectivity index (χ3n) is 3.89. The molecule has 0 spiro atoms. The molecule has 0 aromatic heterocycles. The predicted molar refractivity (Wildman–Crippen MR) is 86.5 cm³/mol. The van der Waals surface area contributed by atoms with E-state index >= 15 is 0 Å². The van der Waals surface area contributed by atoms with Crippen LogP contribution < -0.4 is 16.4 Å². The maximum atomic E-state index is 14.5.